The van der Waals surface area contributed by atoms with Crippen molar-refractivity contribution in [2.24, 2.45) is 0 Å². The van der Waals surface area contributed by atoms with E-state index in [-0.39, 0.29) is 23.3 Å². The van der Waals surface area contributed by atoms with Gasteiger partial charge in [0.25, 0.3) is 11.8 Å². The Labute approximate surface area is 153 Å². The van der Waals surface area contributed by atoms with Crippen molar-refractivity contribution in [2.45, 2.75) is 0 Å². The number of nitrogens with zero attached hydrogens (tertiary/aromatic N) is 3. The molecular weight excluding hydrogens is 352 g/mol. The molecule has 138 valence electrons. The molecule has 0 bridgehead atoms. The summed E-state index contributed by atoms with van der Waals surface area (Å²) in [6.45, 7) is 1.44. The van der Waals surface area contributed by atoms with Gasteiger partial charge in [0.2, 0.25) is 0 Å². The normalized spacial score (nSPS) is 14.4. The molecule has 2 amide bonds. The van der Waals surface area contributed by atoms with E-state index in [0.717, 1.165) is 0 Å². The maximum absolute atomic E-state index is 12.7. The van der Waals surface area contributed by atoms with Crippen molar-refractivity contribution >= 4 is 11.8 Å². The molecule has 0 aliphatic carbocycles. The summed E-state index contributed by atoms with van der Waals surface area (Å²) in [6.07, 6.45) is 2.92. The van der Waals surface area contributed by atoms with Gasteiger partial charge in [0, 0.05) is 26.2 Å². The van der Waals surface area contributed by atoms with E-state index in [1.807, 2.05) is 0 Å². The molecular formula is C18H16N4O5. The van der Waals surface area contributed by atoms with Crippen LogP contribution in [0.25, 0.3) is 11.5 Å². The van der Waals surface area contributed by atoms with Crippen molar-refractivity contribution in [3.63, 3.8) is 0 Å². The first-order chi connectivity index (χ1) is 13.1. The predicted octanol–water partition coefficient (Wildman–Crippen LogP) is 1.22. The summed E-state index contributed by atoms with van der Waals surface area (Å²) < 4.78 is 10.4. The molecule has 1 saturated heterocycles. The summed E-state index contributed by atoms with van der Waals surface area (Å²) in [7, 11) is 0. The summed E-state index contributed by atoms with van der Waals surface area (Å²) in [5.74, 6) is 0.145. The van der Waals surface area contributed by atoms with Crippen molar-refractivity contribution < 1.29 is 18.4 Å². The minimum absolute atomic E-state index is 0.0379. The zero-order valence-electron chi connectivity index (χ0n) is 14.3. The Bertz CT molecular complexity index is 999. The fraction of sp³-hybridized carbons (Fsp3) is 0.222. The van der Waals surface area contributed by atoms with Gasteiger partial charge in [-0.2, -0.15) is 4.98 Å². The van der Waals surface area contributed by atoms with Crippen molar-refractivity contribution in [2.75, 3.05) is 26.2 Å². The third-order valence-corrected chi connectivity index (χ3v) is 4.34. The minimum Gasteiger partial charge on any atom is -0.463 e. The molecule has 0 unspecified atom stereocenters. The first-order valence-electron chi connectivity index (χ1n) is 8.39. The fourth-order valence-electron chi connectivity index (χ4n) is 2.96. The molecule has 1 N–H and O–H groups in total. The maximum Gasteiger partial charge on any atom is 0.346 e. The SMILES string of the molecule is O=C(c1cc(-c2ccco2)[nH]c(=O)n1)N1CCN(C(=O)c2ccco2)CC1. The number of furan rings is 2. The fourth-order valence-corrected chi connectivity index (χ4v) is 2.96. The maximum atomic E-state index is 12.7. The average Bonchev–Trinajstić information content (AvgIpc) is 3.40. The van der Waals surface area contributed by atoms with Gasteiger partial charge in [-0.05, 0) is 30.3 Å². The molecule has 1 aliphatic rings. The van der Waals surface area contributed by atoms with Gasteiger partial charge in [-0.3, -0.25) is 9.59 Å². The van der Waals surface area contributed by atoms with E-state index in [1.54, 1.807) is 34.1 Å². The lowest BCUT2D eigenvalue weighted by Gasteiger charge is -2.34. The van der Waals surface area contributed by atoms with Gasteiger partial charge in [-0.25, -0.2) is 4.79 Å². The molecule has 3 aromatic heterocycles. The van der Waals surface area contributed by atoms with Gasteiger partial charge < -0.3 is 23.6 Å². The van der Waals surface area contributed by atoms with Crippen LogP contribution in [0.5, 0.6) is 0 Å². The van der Waals surface area contributed by atoms with E-state index in [2.05, 4.69) is 9.97 Å². The monoisotopic (exact) mass is 368 g/mol. The summed E-state index contributed by atoms with van der Waals surface area (Å²) in [6, 6.07) is 8.12. The van der Waals surface area contributed by atoms with E-state index in [0.29, 0.717) is 37.6 Å². The molecule has 0 atom stereocenters. The Morgan fingerprint density at radius 2 is 1.63 bits per heavy atom. The molecule has 0 spiro atoms. The third kappa shape index (κ3) is 3.39. The third-order valence-electron chi connectivity index (χ3n) is 4.34. The molecule has 1 aliphatic heterocycles. The van der Waals surface area contributed by atoms with Crippen molar-refractivity contribution in [3.05, 3.63) is 64.8 Å². The summed E-state index contributed by atoms with van der Waals surface area (Å²) >= 11 is 0. The van der Waals surface area contributed by atoms with Crippen molar-refractivity contribution in [1.29, 1.82) is 0 Å². The van der Waals surface area contributed by atoms with Crippen LogP contribution in [0.4, 0.5) is 0 Å². The lowest BCUT2D eigenvalue weighted by Crippen LogP contribution is -2.50. The van der Waals surface area contributed by atoms with Crippen LogP contribution in [0.3, 0.4) is 0 Å². The molecule has 9 heteroatoms. The summed E-state index contributed by atoms with van der Waals surface area (Å²) in [5, 5.41) is 0. The second-order valence-electron chi connectivity index (χ2n) is 6.02. The number of hydrogen-bond donors (Lipinski definition) is 1. The summed E-state index contributed by atoms with van der Waals surface area (Å²) in [5.41, 5.74) is -0.204. The first-order valence-corrected chi connectivity index (χ1v) is 8.39. The minimum atomic E-state index is -0.626. The molecule has 1 fully saturated rings. The van der Waals surface area contributed by atoms with E-state index in [9.17, 15) is 14.4 Å². The Hall–Kier alpha value is -3.62. The number of nitrogens with one attached hydrogen (secondary N) is 1. The predicted molar refractivity (Wildman–Crippen MR) is 93.1 cm³/mol. The van der Waals surface area contributed by atoms with Gasteiger partial charge in [0.15, 0.2) is 5.76 Å². The van der Waals surface area contributed by atoms with Crippen LogP contribution < -0.4 is 5.69 Å². The topological polar surface area (TPSA) is 113 Å². The van der Waals surface area contributed by atoms with E-state index < -0.39 is 5.69 Å². The second kappa shape index (κ2) is 6.94. The number of carbonyl (C=O) groups excluding carboxylic acids is 2. The molecule has 0 radical (unpaired) electrons. The van der Waals surface area contributed by atoms with Crippen LogP contribution >= 0.6 is 0 Å². The average molecular weight is 368 g/mol. The highest BCUT2D eigenvalue weighted by atomic mass is 16.3. The standard InChI is InChI=1S/C18H16N4O5/c23-16(13-11-12(19-18(25)20-13)14-3-1-9-26-14)21-5-7-22(8-6-21)17(24)15-4-2-10-27-15/h1-4,9-11H,5-8H2,(H,19,20,25). The molecule has 3 aromatic rings. The Morgan fingerprint density at radius 1 is 0.963 bits per heavy atom. The van der Waals surface area contributed by atoms with Crippen molar-refractivity contribution in [1.82, 2.24) is 19.8 Å². The number of carbonyl (C=O) groups is 2. The van der Waals surface area contributed by atoms with E-state index >= 15 is 0 Å². The van der Waals surface area contributed by atoms with Crippen molar-refractivity contribution in [3.8, 4) is 11.5 Å². The molecule has 0 saturated carbocycles. The van der Waals surface area contributed by atoms with E-state index in [1.165, 1.54) is 18.6 Å². The number of aromatic amines is 1. The van der Waals surface area contributed by atoms with Gasteiger partial charge in [0.1, 0.15) is 11.5 Å². The number of aromatic nitrogens is 2. The molecule has 4 rings (SSSR count). The molecule has 0 aromatic carbocycles. The Kier molecular flexibility index (Phi) is 4.33. The largest absolute Gasteiger partial charge is 0.463 e. The number of hydrogen-bond acceptors (Lipinski definition) is 6. The first kappa shape index (κ1) is 16.8. The Morgan fingerprint density at radius 3 is 2.26 bits per heavy atom. The second-order valence-corrected chi connectivity index (χ2v) is 6.02. The van der Waals surface area contributed by atoms with Crippen LogP contribution in [0, 0.1) is 0 Å². The van der Waals surface area contributed by atoms with Crippen LogP contribution in [-0.4, -0.2) is 57.8 Å². The highest BCUT2D eigenvalue weighted by Gasteiger charge is 2.27. The lowest BCUT2D eigenvalue weighted by molar-refractivity contribution is 0.0515. The highest BCUT2D eigenvalue weighted by molar-refractivity contribution is 5.94. The number of H-pyrrole nitrogens is 1. The molecule has 4 heterocycles. The van der Waals surface area contributed by atoms with Gasteiger partial charge >= 0.3 is 5.69 Å². The van der Waals surface area contributed by atoms with Crippen LogP contribution in [0.2, 0.25) is 0 Å². The lowest BCUT2D eigenvalue weighted by atomic mass is 10.2. The van der Waals surface area contributed by atoms with Crippen LogP contribution in [0.15, 0.2) is 56.5 Å². The molecule has 9 nitrogen and oxygen atoms in total. The number of rotatable bonds is 3. The smallest absolute Gasteiger partial charge is 0.346 e. The number of amides is 2. The van der Waals surface area contributed by atoms with Crippen LogP contribution in [-0.2, 0) is 0 Å². The van der Waals surface area contributed by atoms with Gasteiger partial charge in [0.05, 0.1) is 18.2 Å². The summed E-state index contributed by atoms with van der Waals surface area (Å²) in [4.78, 5) is 46.4. The van der Waals surface area contributed by atoms with E-state index in [4.69, 9.17) is 8.83 Å². The van der Waals surface area contributed by atoms with Gasteiger partial charge in [-0.1, -0.05) is 0 Å². The zero-order valence-corrected chi connectivity index (χ0v) is 14.3. The number of piperazine rings is 1. The van der Waals surface area contributed by atoms with Gasteiger partial charge in [-0.15, -0.1) is 0 Å². The highest BCUT2D eigenvalue weighted by Crippen LogP contribution is 2.17. The zero-order chi connectivity index (χ0) is 18.8. The Balaban J connectivity index is 1.47. The quantitative estimate of drug-likeness (QED) is 0.744. The molecule has 27 heavy (non-hydrogen) atoms. The van der Waals surface area contributed by atoms with Crippen LogP contribution in [0.1, 0.15) is 21.0 Å².